The van der Waals surface area contributed by atoms with Crippen LogP contribution in [0.2, 0.25) is 0 Å². The van der Waals surface area contributed by atoms with Crippen molar-refractivity contribution in [2.45, 2.75) is 77.2 Å². The maximum absolute atomic E-state index is 13.1. The first-order valence-electron chi connectivity index (χ1n) is 14.7. The van der Waals surface area contributed by atoms with Crippen LogP contribution in [0, 0.1) is 18.3 Å². The van der Waals surface area contributed by atoms with E-state index in [1.807, 2.05) is 37.3 Å². The Labute approximate surface area is 237 Å². The molecule has 40 heavy (non-hydrogen) atoms. The van der Waals surface area contributed by atoms with Crippen LogP contribution in [-0.2, 0) is 19.1 Å². The molecule has 1 aliphatic carbocycles. The van der Waals surface area contributed by atoms with Crippen LogP contribution < -0.4 is 5.32 Å². The van der Waals surface area contributed by atoms with E-state index in [1.54, 1.807) is 6.26 Å². The van der Waals surface area contributed by atoms with Gasteiger partial charge in [-0.25, -0.2) is 0 Å². The van der Waals surface area contributed by atoms with E-state index in [9.17, 15) is 14.4 Å². The zero-order chi connectivity index (χ0) is 28.5. The highest BCUT2D eigenvalue weighted by atomic mass is 16.5. The van der Waals surface area contributed by atoms with E-state index >= 15 is 0 Å². The normalized spacial score (nSPS) is 17.9. The first-order chi connectivity index (χ1) is 19.3. The summed E-state index contributed by atoms with van der Waals surface area (Å²) in [5.41, 5.74) is 3.09. The van der Waals surface area contributed by atoms with Gasteiger partial charge in [-0.05, 0) is 75.5 Å². The molecule has 1 aromatic carbocycles. The van der Waals surface area contributed by atoms with Gasteiger partial charge in [0.25, 0.3) is 5.91 Å². The second-order valence-corrected chi connectivity index (χ2v) is 11.6. The van der Waals surface area contributed by atoms with E-state index in [-0.39, 0.29) is 17.4 Å². The van der Waals surface area contributed by atoms with Gasteiger partial charge in [0, 0.05) is 24.7 Å². The van der Waals surface area contributed by atoms with E-state index < -0.39 is 17.9 Å². The average molecular weight is 553 g/mol. The zero-order valence-corrected chi connectivity index (χ0v) is 24.2. The number of rotatable bonds is 11. The monoisotopic (exact) mass is 552 g/mol. The number of esters is 2. The maximum Gasteiger partial charge on any atom is 0.320 e. The number of aryl methyl sites for hydroxylation is 1. The average Bonchev–Trinajstić information content (AvgIpc) is 3.48. The molecule has 1 amide bonds. The predicted molar refractivity (Wildman–Crippen MR) is 153 cm³/mol. The van der Waals surface area contributed by atoms with Crippen molar-refractivity contribution in [3.8, 4) is 11.1 Å². The lowest BCUT2D eigenvalue weighted by molar-refractivity contribution is -0.159. The lowest BCUT2D eigenvalue weighted by Crippen LogP contribution is -2.45. The highest BCUT2D eigenvalue weighted by molar-refractivity contribution is 5.98. The summed E-state index contributed by atoms with van der Waals surface area (Å²) >= 11 is 0. The summed E-state index contributed by atoms with van der Waals surface area (Å²) < 4.78 is 15.3. The van der Waals surface area contributed by atoms with Gasteiger partial charge in [0.05, 0.1) is 20.5 Å². The number of hydrogen-bond donors (Lipinski definition) is 1. The second-order valence-electron chi connectivity index (χ2n) is 11.6. The Balaban J connectivity index is 1.28. The first kappa shape index (κ1) is 29.8. The van der Waals surface area contributed by atoms with Gasteiger partial charge in [-0.3, -0.25) is 14.4 Å². The van der Waals surface area contributed by atoms with Crippen LogP contribution >= 0.6 is 0 Å². The van der Waals surface area contributed by atoms with Crippen LogP contribution in [-0.4, -0.2) is 62.6 Å². The fourth-order valence-electron chi connectivity index (χ4n) is 6.39. The van der Waals surface area contributed by atoms with Crippen molar-refractivity contribution in [3.63, 3.8) is 0 Å². The molecule has 0 unspecified atom stereocenters. The molecule has 1 aromatic heterocycles. The topological polar surface area (TPSA) is 98.1 Å². The van der Waals surface area contributed by atoms with Gasteiger partial charge >= 0.3 is 11.9 Å². The number of nitrogens with zero attached hydrogens (tertiary/aromatic N) is 1. The summed E-state index contributed by atoms with van der Waals surface area (Å²) in [5, 5.41) is 3.19. The Kier molecular flexibility index (Phi) is 10.4. The molecule has 4 rings (SSSR count). The minimum absolute atomic E-state index is 0.115. The highest BCUT2D eigenvalue weighted by Gasteiger charge is 2.37. The van der Waals surface area contributed by atoms with E-state index in [2.05, 4.69) is 10.2 Å². The smallest absolute Gasteiger partial charge is 0.320 e. The number of benzene rings is 1. The molecular weight excluding hydrogens is 508 g/mol. The van der Waals surface area contributed by atoms with Crippen molar-refractivity contribution in [3.05, 3.63) is 47.9 Å². The summed E-state index contributed by atoms with van der Waals surface area (Å²) in [6, 6.07) is 10.1. The van der Waals surface area contributed by atoms with Crippen LogP contribution in [0.25, 0.3) is 11.1 Å². The van der Waals surface area contributed by atoms with E-state index in [4.69, 9.17) is 13.9 Å². The van der Waals surface area contributed by atoms with Gasteiger partial charge in [0.1, 0.15) is 0 Å². The molecule has 1 saturated heterocycles. The van der Waals surface area contributed by atoms with Gasteiger partial charge in [-0.2, -0.15) is 0 Å². The van der Waals surface area contributed by atoms with Crippen LogP contribution in [0.1, 0.15) is 80.3 Å². The lowest BCUT2D eigenvalue weighted by atomic mass is 9.68. The minimum atomic E-state index is -0.853. The molecule has 2 aliphatic rings. The van der Waals surface area contributed by atoms with Crippen molar-refractivity contribution in [2.24, 2.45) is 11.3 Å². The van der Waals surface area contributed by atoms with Crippen LogP contribution in [0.4, 0.5) is 0 Å². The number of methoxy groups -OCH3 is 2. The maximum atomic E-state index is 13.1. The Morgan fingerprint density at radius 3 is 2.25 bits per heavy atom. The molecule has 0 radical (unpaired) electrons. The number of hydrogen-bond acceptors (Lipinski definition) is 7. The molecule has 1 saturated carbocycles. The van der Waals surface area contributed by atoms with Crippen molar-refractivity contribution in [1.29, 1.82) is 0 Å². The molecule has 0 spiro atoms. The summed E-state index contributed by atoms with van der Waals surface area (Å²) in [6.07, 6.45) is 11.6. The van der Waals surface area contributed by atoms with Gasteiger partial charge in [0.15, 0.2) is 11.7 Å². The summed E-state index contributed by atoms with van der Waals surface area (Å²) in [4.78, 5) is 40.0. The predicted octanol–water partition coefficient (Wildman–Crippen LogP) is 5.53. The highest BCUT2D eigenvalue weighted by Crippen LogP contribution is 2.44. The van der Waals surface area contributed by atoms with Crippen molar-refractivity contribution >= 4 is 17.8 Å². The molecule has 0 atom stereocenters. The van der Waals surface area contributed by atoms with Gasteiger partial charge in [0.2, 0.25) is 0 Å². The molecule has 1 aliphatic heterocycles. The van der Waals surface area contributed by atoms with Crippen molar-refractivity contribution in [1.82, 2.24) is 10.2 Å². The summed E-state index contributed by atoms with van der Waals surface area (Å²) in [5.74, 6) is -1.67. The Bertz CT molecular complexity index is 1110. The molecule has 2 fully saturated rings. The molecule has 2 heterocycles. The molecule has 2 aromatic rings. The lowest BCUT2D eigenvalue weighted by Gasteiger charge is -2.41. The number of furan rings is 1. The second kappa shape index (κ2) is 14.0. The molecule has 8 nitrogen and oxygen atoms in total. The number of likely N-dealkylation sites (tertiary alicyclic amines) is 1. The Morgan fingerprint density at radius 2 is 1.62 bits per heavy atom. The molecule has 218 valence electrons. The fourth-order valence-corrected chi connectivity index (χ4v) is 6.39. The minimum Gasteiger partial charge on any atom is -0.468 e. The number of carbonyl (C=O) groups excluding carboxylic acids is 3. The van der Waals surface area contributed by atoms with Crippen LogP contribution in [0.3, 0.4) is 0 Å². The zero-order valence-electron chi connectivity index (χ0n) is 24.2. The van der Waals surface area contributed by atoms with Crippen LogP contribution in [0.5, 0.6) is 0 Å². The SMILES string of the molecule is COC(=O)C(CCC1(CCN2CCC(NC(=O)c3occc3-c3ccc(C)cc3)CC2)CCCCC1)C(=O)OC. The summed E-state index contributed by atoms with van der Waals surface area (Å²) in [7, 11) is 2.64. The van der Waals surface area contributed by atoms with Gasteiger partial charge < -0.3 is 24.1 Å². The third-order valence-corrected chi connectivity index (χ3v) is 8.96. The molecule has 1 N–H and O–H groups in total. The van der Waals surface area contributed by atoms with Gasteiger partial charge in [-0.1, -0.05) is 49.1 Å². The standard InChI is InChI=1S/C32H44N2O6/c1-23-7-9-24(10-8-23)26-14-22-40-28(26)29(35)33-25-12-19-34(20-13-25)21-18-32(15-5-4-6-16-32)17-11-27(30(36)38-2)31(37)39-3/h7-10,14,22,25,27H,4-6,11-13,15-21H2,1-3H3,(H,33,35). The Hall–Kier alpha value is -3.13. The largest absolute Gasteiger partial charge is 0.468 e. The third kappa shape index (κ3) is 7.53. The van der Waals surface area contributed by atoms with E-state index in [0.29, 0.717) is 12.2 Å². The van der Waals surface area contributed by atoms with E-state index in [1.165, 1.54) is 39.0 Å². The fraction of sp³-hybridized carbons (Fsp3) is 0.594. The number of ether oxygens (including phenoxy) is 2. The van der Waals surface area contributed by atoms with Crippen molar-refractivity contribution in [2.75, 3.05) is 33.9 Å². The first-order valence-corrected chi connectivity index (χ1v) is 14.7. The van der Waals surface area contributed by atoms with Gasteiger partial charge in [-0.15, -0.1) is 0 Å². The van der Waals surface area contributed by atoms with Crippen LogP contribution in [0.15, 0.2) is 41.0 Å². The number of piperidine rings is 1. The summed E-state index contributed by atoms with van der Waals surface area (Å²) in [6.45, 7) is 4.88. The van der Waals surface area contributed by atoms with Crippen molar-refractivity contribution < 1.29 is 28.3 Å². The Morgan fingerprint density at radius 1 is 0.975 bits per heavy atom. The van der Waals surface area contributed by atoms with E-state index in [0.717, 1.165) is 69.3 Å². The number of carbonyl (C=O) groups is 3. The quantitative estimate of drug-likeness (QED) is 0.289. The molecular formula is C32H44N2O6. The molecule has 0 bridgehead atoms. The molecule has 8 heteroatoms. The number of nitrogens with one attached hydrogen (secondary N) is 1. The number of amides is 1. The third-order valence-electron chi connectivity index (χ3n) is 8.96.